The minimum Gasteiger partial charge on any atom is -0.465 e. The average Bonchev–Trinajstić information content (AvgIpc) is 2.47. The van der Waals surface area contributed by atoms with Gasteiger partial charge in [-0.2, -0.15) is 5.26 Å². The molecule has 2 aliphatic rings. The maximum absolute atomic E-state index is 10.9. The summed E-state index contributed by atoms with van der Waals surface area (Å²) in [5.74, 6) is 0.247. The molecule has 0 bridgehead atoms. The molecule has 1 atom stereocenters. The van der Waals surface area contributed by atoms with Gasteiger partial charge in [-0.1, -0.05) is 0 Å². The van der Waals surface area contributed by atoms with E-state index in [1.807, 2.05) is 0 Å². The number of carboxylic acid groups (broad SMARTS) is 1. The molecule has 0 radical (unpaired) electrons. The van der Waals surface area contributed by atoms with Crippen LogP contribution in [-0.2, 0) is 0 Å². The second-order valence-corrected chi connectivity index (χ2v) is 5.55. The van der Waals surface area contributed by atoms with Crippen molar-refractivity contribution in [2.24, 2.45) is 5.92 Å². The third kappa shape index (κ3) is 2.82. The Labute approximate surface area is 113 Å². The lowest BCUT2D eigenvalue weighted by Crippen LogP contribution is -2.58. The lowest BCUT2D eigenvalue weighted by molar-refractivity contribution is 0.0194. The summed E-state index contributed by atoms with van der Waals surface area (Å²) in [6.45, 7) is 2.62. The van der Waals surface area contributed by atoms with Gasteiger partial charge in [0.1, 0.15) is 5.54 Å². The lowest BCUT2D eigenvalue weighted by Gasteiger charge is -2.46. The van der Waals surface area contributed by atoms with Gasteiger partial charge in [-0.25, -0.2) is 4.79 Å². The zero-order valence-electron chi connectivity index (χ0n) is 11.1. The number of likely N-dealkylation sites (tertiary alicyclic amines) is 2. The van der Waals surface area contributed by atoms with E-state index in [1.165, 1.54) is 4.90 Å². The number of carbonyl (C=O) groups is 1. The van der Waals surface area contributed by atoms with E-state index >= 15 is 0 Å². The smallest absolute Gasteiger partial charge is 0.407 e. The largest absolute Gasteiger partial charge is 0.465 e. The minimum atomic E-state index is -0.904. The van der Waals surface area contributed by atoms with Crippen molar-refractivity contribution < 1.29 is 15.0 Å². The van der Waals surface area contributed by atoms with E-state index in [0.717, 1.165) is 25.9 Å². The van der Waals surface area contributed by atoms with E-state index in [9.17, 15) is 15.2 Å². The van der Waals surface area contributed by atoms with E-state index in [4.69, 9.17) is 5.11 Å². The third-order valence-corrected chi connectivity index (χ3v) is 4.45. The van der Waals surface area contributed by atoms with Crippen LogP contribution in [0.5, 0.6) is 0 Å². The number of aliphatic hydroxyl groups excluding tert-OH is 1. The van der Waals surface area contributed by atoms with Crippen LogP contribution in [0.4, 0.5) is 4.79 Å². The molecule has 19 heavy (non-hydrogen) atoms. The molecular formula is C13H21N3O3. The van der Waals surface area contributed by atoms with Crippen molar-refractivity contribution in [3.8, 4) is 6.07 Å². The lowest BCUT2D eigenvalue weighted by atomic mass is 9.84. The Morgan fingerprint density at radius 3 is 2.58 bits per heavy atom. The van der Waals surface area contributed by atoms with Gasteiger partial charge < -0.3 is 15.1 Å². The molecule has 0 aromatic carbocycles. The summed E-state index contributed by atoms with van der Waals surface area (Å²) in [6.07, 6.45) is 2.23. The van der Waals surface area contributed by atoms with E-state index < -0.39 is 11.6 Å². The Kier molecular flexibility index (Phi) is 4.27. The predicted molar refractivity (Wildman–Crippen MR) is 68.6 cm³/mol. The fraction of sp³-hybridized carbons (Fsp3) is 0.846. The van der Waals surface area contributed by atoms with Crippen LogP contribution in [0.25, 0.3) is 0 Å². The number of hydrogen-bond acceptors (Lipinski definition) is 4. The number of rotatable bonds is 2. The second kappa shape index (κ2) is 5.76. The normalized spacial score (nSPS) is 27.8. The monoisotopic (exact) mass is 267 g/mol. The standard InChI is InChI=1S/C13H21N3O3/c14-10-13(3-6-15(7-4-13)12(18)19)16-5-1-2-11(8-16)9-17/h11,17H,1-9H2,(H,18,19). The van der Waals surface area contributed by atoms with Crippen molar-refractivity contribution in [1.82, 2.24) is 9.80 Å². The number of hydrogen-bond donors (Lipinski definition) is 2. The third-order valence-electron chi connectivity index (χ3n) is 4.45. The van der Waals surface area contributed by atoms with Gasteiger partial charge in [0.05, 0.1) is 6.07 Å². The van der Waals surface area contributed by atoms with E-state index in [1.54, 1.807) is 0 Å². The molecule has 0 spiro atoms. The Bertz CT molecular complexity index is 372. The molecule has 1 unspecified atom stereocenters. The van der Waals surface area contributed by atoms with Crippen LogP contribution in [-0.4, -0.2) is 64.4 Å². The number of nitrogens with zero attached hydrogens (tertiary/aromatic N) is 3. The fourth-order valence-corrected chi connectivity index (χ4v) is 3.17. The highest BCUT2D eigenvalue weighted by Gasteiger charge is 2.42. The molecule has 0 saturated carbocycles. The number of amides is 1. The Balaban J connectivity index is 2.03. The summed E-state index contributed by atoms with van der Waals surface area (Å²) >= 11 is 0. The molecule has 0 aromatic rings. The van der Waals surface area contributed by atoms with Crippen LogP contribution in [0.3, 0.4) is 0 Å². The van der Waals surface area contributed by atoms with Crippen LogP contribution < -0.4 is 0 Å². The van der Waals surface area contributed by atoms with Crippen LogP contribution >= 0.6 is 0 Å². The molecule has 2 N–H and O–H groups in total. The van der Waals surface area contributed by atoms with E-state index in [-0.39, 0.29) is 12.5 Å². The van der Waals surface area contributed by atoms with Crippen LogP contribution in [0, 0.1) is 17.2 Å². The van der Waals surface area contributed by atoms with Gasteiger partial charge in [0.15, 0.2) is 0 Å². The predicted octanol–water partition coefficient (Wildman–Crippen LogP) is 0.727. The summed E-state index contributed by atoms with van der Waals surface area (Å²) < 4.78 is 0. The molecule has 2 saturated heterocycles. The van der Waals surface area contributed by atoms with E-state index in [0.29, 0.717) is 25.9 Å². The van der Waals surface area contributed by atoms with Gasteiger partial charge >= 0.3 is 6.09 Å². The van der Waals surface area contributed by atoms with Gasteiger partial charge in [0.25, 0.3) is 0 Å². The van der Waals surface area contributed by atoms with Crippen molar-refractivity contribution >= 4 is 6.09 Å². The molecule has 2 fully saturated rings. The SMILES string of the molecule is N#CC1(N2CCCC(CO)C2)CCN(C(=O)O)CC1. The molecular weight excluding hydrogens is 246 g/mol. The first-order chi connectivity index (χ1) is 9.11. The molecule has 0 aromatic heterocycles. The van der Waals surface area contributed by atoms with Gasteiger partial charge in [-0.15, -0.1) is 0 Å². The summed E-state index contributed by atoms with van der Waals surface area (Å²) in [4.78, 5) is 14.5. The highest BCUT2D eigenvalue weighted by atomic mass is 16.4. The first-order valence-corrected chi connectivity index (χ1v) is 6.86. The molecule has 1 amide bonds. The van der Waals surface area contributed by atoms with Crippen LogP contribution in [0.15, 0.2) is 0 Å². The van der Waals surface area contributed by atoms with Gasteiger partial charge in [0.2, 0.25) is 0 Å². The highest BCUT2D eigenvalue weighted by Crippen LogP contribution is 2.32. The zero-order chi connectivity index (χ0) is 13.9. The Morgan fingerprint density at radius 1 is 1.37 bits per heavy atom. The first-order valence-electron chi connectivity index (χ1n) is 6.86. The van der Waals surface area contributed by atoms with E-state index in [2.05, 4.69) is 11.0 Å². The maximum Gasteiger partial charge on any atom is 0.407 e. The summed E-state index contributed by atoms with van der Waals surface area (Å²) in [5, 5.41) is 27.8. The van der Waals surface area contributed by atoms with Crippen molar-refractivity contribution in [3.63, 3.8) is 0 Å². The molecule has 2 aliphatic heterocycles. The molecule has 0 aliphatic carbocycles. The number of nitriles is 1. The zero-order valence-corrected chi connectivity index (χ0v) is 11.1. The number of aliphatic hydroxyl groups is 1. The Hall–Kier alpha value is -1.32. The topological polar surface area (TPSA) is 87.8 Å². The van der Waals surface area contributed by atoms with Crippen molar-refractivity contribution in [2.45, 2.75) is 31.2 Å². The quantitative estimate of drug-likeness (QED) is 0.770. The molecule has 6 heteroatoms. The molecule has 106 valence electrons. The van der Waals surface area contributed by atoms with Crippen LogP contribution in [0.1, 0.15) is 25.7 Å². The van der Waals surface area contributed by atoms with Crippen molar-refractivity contribution in [2.75, 3.05) is 32.8 Å². The van der Waals surface area contributed by atoms with Crippen molar-refractivity contribution in [3.05, 3.63) is 0 Å². The highest BCUT2D eigenvalue weighted by molar-refractivity contribution is 5.65. The summed E-state index contributed by atoms with van der Waals surface area (Å²) in [6, 6.07) is 2.42. The van der Waals surface area contributed by atoms with Crippen LogP contribution in [0.2, 0.25) is 0 Å². The molecule has 2 rings (SSSR count). The summed E-state index contributed by atoms with van der Waals surface area (Å²) in [5.41, 5.74) is -0.542. The maximum atomic E-state index is 10.9. The molecule has 6 nitrogen and oxygen atoms in total. The fourth-order valence-electron chi connectivity index (χ4n) is 3.17. The summed E-state index contributed by atoms with van der Waals surface area (Å²) in [7, 11) is 0. The first kappa shape index (κ1) is 14.1. The van der Waals surface area contributed by atoms with Gasteiger partial charge in [-0.3, -0.25) is 4.90 Å². The second-order valence-electron chi connectivity index (χ2n) is 5.55. The Morgan fingerprint density at radius 2 is 2.05 bits per heavy atom. The molecule has 2 heterocycles. The average molecular weight is 267 g/mol. The van der Waals surface area contributed by atoms with Gasteiger partial charge in [0, 0.05) is 26.2 Å². The van der Waals surface area contributed by atoms with Crippen molar-refractivity contribution in [1.29, 1.82) is 5.26 Å². The number of piperidine rings is 2. The van der Waals surface area contributed by atoms with Gasteiger partial charge in [-0.05, 0) is 38.1 Å². The minimum absolute atomic E-state index is 0.166.